The van der Waals surface area contributed by atoms with Crippen molar-refractivity contribution in [3.05, 3.63) is 94.0 Å². The third-order valence-corrected chi connectivity index (χ3v) is 4.12. The molecule has 0 aliphatic heterocycles. The van der Waals surface area contributed by atoms with Gasteiger partial charge in [0, 0.05) is 5.02 Å². The molecule has 0 radical (unpaired) electrons. The Morgan fingerprint density at radius 3 is 2.24 bits per heavy atom. The highest BCUT2D eigenvalue weighted by Gasteiger charge is 2.09. The summed E-state index contributed by atoms with van der Waals surface area (Å²) < 4.78 is 0. The molecule has 1 N–H and O–H groups in total. The minimum absolute atomic E-state index is 0.285. The fourth-order valence-corrected chi connectivity index (χ4v) is 2.79. The summed E-state index contributed by atoms with van der Waals surface area (Å²) in [6.07, 6.45) is 1.58. The van der Waals surface area contributed by atoms with Crippen LogP contribution in [-0.2, 0) is 0 Å². The van der Waals surface area contributed by atoms with Crippen LogP contribution < -0.4 is 5.43 Å². The molecule has 0 aliphatic rings. The van der Waals surface area contributed by atoms with Gasteiger partial charge in [-0.05, 0) is 34.9 Å². The van der Waals surface area contributed by atoms with Crippen LogP contribution in [0.15, 0.2) is 77.9 Å². The van der Waals surface area contributed by atoms with Gasteiger partial charge in [-0.25, -0.2) is 5.43 Å². The monoisotopic (exact) mass is 368 g/mol. The van der Waals surface area contributed by atoms with Gasteiger partial charge in [-0.15, -0.1) is 0 Å². The molecule has 0 fully saturated rings. The average Bonchev–Trinajstić information content (AvgIpc) is 2.63. The van der Waals surface area contributed by atoms with Gasteiger partial charge >= 0.3 is 0 Å². The van der Waals surface area contributed by atoms with E-state index < -0.39 is 0 Å². The Morgan fingerprint density at radius 2 is 1.56 bits per heavy atom. The van der Waals surface area contributed by atoms with Crippen molar-refractivity contribution >= 4 is 35.3 Å². The van der Waals surface area contributed by atoms with Crippen LogP contribution in [-0.4, -0.2) is 12.1 Å². The van der Waals surface area contributed by atoms with E-state index in [4.69, 9.17) is 23.2 Å². The van der Waals surface area contributed by atoms with E-state index in [1.807, 2.05) is 42.5 Å². The lowest BCUT2D eigenvalue weighted by Gasteiger charge is -2.03. The van der Waals surface area contributed by atoms with Crippen molar-refractivity contribution in [1.29, 1.82) is 0 Å². The largest absolute Gasteiger partial charge is 0.272 e. The summed E-state index contributed by atoms with van der Waals surface area (Å²) in [6.45, 7) is 0. The summed E-state index contributed by atoms with van der Waals surface area (Å²) in [5, 5.41) is 4.73. The maximum Gasteiger partial charge on any atom is 0.272 e. The fourth-order valence-electron chi connectivity index (χ4n) is 2.29. The van der Waals surface area contributed by atoms with Crippen molar-refractivity contribution in [1.82, 2.24) is 5.43 Å². The lowest BCUT2D eigenvalue weighted by atomic mass is 10.0. The molecule has 3 aromatic rings. The van der Waals surface area contributed by atoms with Crippen LogP contribution in [0.3, 0.4) is 0 Å². The fraction of sp³-hybridized carbons (Fsp3) is 0. The van der Waals surface area contributed by atoms with Crippen molar-refractivity contribution in [2.45, 2.75) is 0 Å². The molecule has 0 saturated heterocycles. The molecule has 5 heteroatoms. The highest BCUT2D eigenvalue weighted by molar-refractivity contribution is 6.36. The number of carbonyl (C=O) groups excluding carboxylic acids is 1. The number of amides is 1. The zero-order valence-electron chi connectivity index (χ0n) is 13.1. The van der Waals surface area contributed by atoms with Crippen LogP contribution in [0.4, 0.5) is 0 Å². The maximum absolute atomic E-state index is 12.1. The molecule has 1 amide bonds. The normalized spacial score (nSPS) is 10.8. The lowest BCUT2D eigenvalue weighted by Crippen LogP contribution is -2.18. The summed E-state index contributed by atoms with van der Waals surface area (Å²) in [5.41, 5.74) is 5.93. The second kappa shape index (κ2) is 7.97. The van der Waals surface area contributed by atoms with E-state index in [0.29, 0.717) is 10.6 Å². The first kappa shape index (κ1) is 17.2. The van der Waals surface area contributed by atoms with E-state index in [2.05, 4.69) is 22.7 Å². The van der Waals surface area contributed by atoms with E-state index >= 15 is 0 Å². The summed E-state index contributed by atoms with van der Waals surface area (Å²) in [4.78, 5) is 12.1. The summed E-state index contributed by atoms with van der Waals surface area (Å²) in [6, 6.07) is 22.7. The van der Waals surface area contributed by atoms with Crippen molar-refractivity contribution < 1.29 is 4.79 Å². The Kier molecular flexibility index (Phi) is 5.49. The van der Waals surface area contributed by atoms with E-state index in [1.54, 1.807) is 18.3 Å². The molecular formula is C20H14Cl2N2O. The maximum atomic E-state index is 12.1. The van der Waals surface area contributed by atoms with Crippen molar-refractivity contribution in [2.75, 3.05) is 0 Å². The van der Waals surface area contributed by atoms with E-state index in [1.165, 1.54) is 6.07 Å². The van der Waals surface area contributed by atoms with Crippen LogP contribution in [0, 0.1) is 0 Å². The third kappa shape index (κ3) is 4.47. The van der Waals surface area contributed by atoms with Crippen LogP contribution >= 0.6 is 23.2 Å². The number of hydrogen-bond acceptors (Lipinski definition) is 2. The Labute approximate surface area is 155 Å². The molecule has 3 aromatic carbocycles. The molecule has 25 heavy (non-hydrogen) atoms. The van der Waals surface area contributed by atoms with Gasteiger partial charge in [-0.1, -0.05) is 77.8 Å². The first-order valence-electron chi connectivity index (χ1n) is 7.57. The molecule has 0 bridgehead atoms. The molecule has 0 aliphatic carbocycles. The van der Waals surface area contributed by atoms with Gasteiger partial charge in [0.2, 0.25) is 0 Å². The molecule has 3 rings (SSSR count). The Bertz CT molecular complexity index is 907. The molecule has 0 unspecified atom stereocenters. The van der Waals surface area contributed by atoms with Gasteiger partial charge in [-0.3, -0.25) is 4.79 Å². The molecule has 0 saturated carbocycles. The first-order valence-corrected chi connectivity index (χ1v) is 8.33. The predicted molar refractivity (Wildman–Crippen MR) is 103 cm³/mol. The van der Waals surface area contributed by atoms with Crippen molar-refractivity contribution in [3.8, 4) is 11.1 Å². The molecular weight excluding hydrogens is 355 g/mol. The van der Waals surface area contributed by atoms with Gasteiger partial charge in [0.05, 0.1) is 16.8 Å². The van der Waals surface area contributed by atoms with Crippen LogP contribution in [0.2, 0.25) is 10.0 Å². The van der Waals surface area contributed by atoms with Crippen LogP contribution in [0.25, 0.3) is 11.1 Å². The van der Waals surface area contributed by atoms with Gasteiger partial charge in [-0.2, -0.15) is 5.10 Å². The van der Waals surface area contributed by atoms with Crippen molar-refractivity contribution in [3.63, 3.8) is 0 Å². The number of rotatable bonds is 4. The molecule has 3 nitrogen and oxygen atoms in total. The van der Waals surface area contributed by atoms with E-state index in [0.717, 1.165) is 16.7 Å². The Balaban J connectivity index is 1.65. The van der Waals surface area contributed by atoms with Crippen LogP contribution in [0.5, 0.6) is 0 Å². The van der Waals surface area contributed by atoms with Crippen LogP contribution in [0.1, 0.15) is 15.9 Å². The summed E-state index contributed by atoms with van der Waals surface area (Å²) in [5.74, 6) is -0.390. The van der Waals surface area contributed by atoms with Gasteiger partial charge in [0.1, 0.15) is 0 Å². The number of benzene rings is 3. The van der Waals surface area contributed by atoms with Gasteiger partial charge < -0.3 is 0 Å². The Morgan fingerprint density at radius 1 is 0.880 bits per heavy atom. The highest BCUT2D eigenvalue weighted by atomic mass is 35.5. The highest BCUT2D eigenvalue weighted by Crippen LogP contribution is 2.21. The molecule has 0 heterocycles. The zero-order valence-corrected chi connectivity index (χ0v) is 14.6. The summed E-state index contributed by atoms with van der Waals surface area (Å²) >= 11 is 11.8. The molecule has 0 spiro atoms. The number of nitrogens with one attached hydrogen (secondary N) is 1. The molecule has 0 aromatic heterocycles. The van der Waals surface area contributed by atoms with Gasteiger partial charge in [0.15, 0.2) is 0 Å². The van der Waals surface area contributed by atoms with E-state index in [-0.39, 0.29) is 10.9 Å². The number of hydrogen-bond donors (Lipinski definition) is 1. The minimum atomic E-state index is -0.390. The van der Waals surface area contributed by atoms with Gasteiger partial charge in [0.25, 0.3) is 5.91 Å². The zero-order chi connectivity index (χ0) is 17.6. The first-order chi connectivity index (χ1) is 12.1. The predicted octanol–water partition coefficient (Wildman–Crippen LogP) is 5.42. The second-order valence-corrected chi connectivity index (χ2v) is 6.15. The lowest BCUT2D eigenvalue weighted by molar-refractivity contribution is 0.0955. The smallest absolute Gasteiger partial charge is 0.267 e. The second-order valence-electron chi connectivity index (χ2n) is 5.31. The minimum Gasteiger partial charge on any atom is -0.267 e. The molecule has 124 valence electrons. The van der Waals surface area contributed by atoms with Crippen molar-refractivity contribution in [2.24, 2.45) is 5.10 Å². The number of carbonyl (C=O) groups is 1. The standard InChI is InChI=1S/C20H14Cl2N2O/c21-17-10-11-18(19(22)12-17)20(25)24-23-13-14-6-8-16(9-7-14)15-4-2-1-3-5-15/h1-13H,(H,24,25). The summed E-state index contributed by atoms with van der Waals surface area (Å²) in [7, 11) is 0. The third-order valence-electron chi connectivity index (χ3n) is 3.57. The number of halogens is 2. The Hall–Kier alpha value is -2.62. The average molecular weight is 369 g/mol. The number of hydrazone groups is 1. The SMILES string of the molecule is O=C(NN=Cc1ccc(-c2ccccc2)cc1)c1ccc(Cl)cc1Cl. The van der Waals surface area contributed by atoms with E-state index in [9.17, 15) is 4.79 Å². The quantitative estimate of drug-likeness (QED) is 0.484. The topological polar surface area (TPSA) is 41.5 Å². The molecule has 0 atom stereocenters. The number of nitrogens with zero attached hydrogens (tertiary/aromatic N) is 1.